The lowest BCUT2D eigenvalue weighted by Gasteiger charge is -2.31. The van der Waals surface area contributed by atoms with E-state index in [0.717, 1.165) is 5.69 Å². The Balaban J connectivity index is 1.75. The van der Waals surface area contributed by atoms with Crippen molar-refractivity contribution in [2.45, 2.75) is 23.7 Å². The number of benzene rings is 2. The maximum Gasteiger partial charge on any atom is 0.288 e. The van der Waals surface area contributed by atoms with Crippen molar-refractivity contribution in [3.8, 4) is 0 Å². The van der Waals surface area contributed by atoms with Crippen LogP contribution in [0.3, 0.4) is 0 Å². The van der Waals surface area contributed by atoms with Crippen LogP contribution in [0.2, 0.25) is 0 Å². The van der Waals surface area contributed by atoms with Crippen molar-refractivity contribution >= 4 is 29.0 Å². The molecule has 1 fully saturated rings. The van der Waals surface area contributed by atoms with Crippen LogP contribution in [0.4, 0.5) is 20.2 Å². The molecule has 3 rings (SSSR count). The summed E-state index contributed by atoms with van der Waals surface area (Å²) in [6, 6.07) is 14.0. The normalized spacial score (nSPS) is 17.4. The number of morpholine rings is 1. The molecule has 1 N–H and O–H groups in total. The van der Waals surface area contributed by atoms with E-state index in [1.807, 2.05) is 25.1 Å². The van der Waals surface area contributed by atoms with E-state index in [4.69, 9.17) is 4.74 Å². The Morgan fingerprint density at radius 3 is 2.65 bits per heavy atom. The molecule has 1 aliphatic rings. The van der Waals surface area contributed by atoms with Gasteiger partial charge in [-0.05, 0) is 43.3 Å². The lowest BCUT2D eigenvalue weighted by Crippen LogP contribution is -2.44. The molecule has 138 valence electrons. The number of carbonyl (C=O) groups excluding carboxylic acids is 1. The summed E-state index contributed by atoms with van der Waals surface area (Å²) in [6.07, 6.45) is 0.0210. The summed E-state index contributed by atoms with van der Waals surface area (Å²) in [5.41, 5.74) is 2.00. The fourth-order valence-electron chi connectivity index (χ4n) is 2.83. The highest BCUT2D eigenvalue weighted by Crippen LogP contribution is 2.28. The van der Waals surface area contributed by atoms with Crippen molar-refractivity contribution in [2.24, 2.45) is 0 Å². The molecule has 1 atom stereocenters. The fourth-order valence-corrected chi connectivity index (χ4v) is 3.33. The number of thioether (sulfide) groups is 1. The van der Waals surface area contributed by atoms with Gasteiger partial charge in [0.2, 0.25) is 0 Å². The Morgan fingerprint density at radius 2 is 1.96 bits per heavy atom. The van der Waals surface area contributed by atoms with Gasteiger partial charge in [0, 0.05) is 23.7 Å². The number of carbonyl (C=O) groups is 1. The Bertz CT molecular complexity index is 755. The highest BCUT2D eigenvalue weighted by molar-refractivity contribution is 7.99. The molecule has 2 aromatic carbocycles. The summed E-state index contributed by atoms with van der Waals surface area (Å²) in [5.74, 6) is -2.49. The molecule has 1 aliphatic heterocycles. The number of hydrogen-bond acceptors (Lipinski definition) is 4. The van der Waals surface area contributed by atoms with Crippen LogP contribution in [-0.4, -0.2) is 42.4 Å². The molecule has 0 unspecified atom stereocenters. The second-order valence-corrected chi connectivity index (χ2v) is 7.07. The highest BCUT2D eigenvalue weighted by atomic mass is 32.2. The number of alkyl halides is 2. The fraction of sp³-hybridized carbons (Fsp3) is 0.316. The molecule has 0 aliphatic carbocycles. The third-order valence-corrected chi connectivity index (χ3v) is 4.77. The number of halogens is 2. The molecule has 1 saturated heterocycles. The van der Waals surface area contributed by atoms with Gasteiger partial charge in [0.15, 0.2) is 0 Å². The second kappa shape index (κ2) is 8.51. The summed E-state index contributed by atoms with van der Waals surface area (Å²) in [7, 11) is 0. The first-order valence-electron chi connectivity index (χ1n) is 8.35. The second-order valence-electron chi connectivity index (χ2n) is 6.01. The lowest BCUT2D eigenvalue weighted by atomic mass is 10.1. The van der Waals surface area contributed by atoms with Crippen molar-refractivity contribution < 1.29 is 18.3 Å². The maximum absolute atomic E-state index is 12.9. The topological polar surface area (TPSA) is 41.6 Å². The average molecular weight is 378 g/mol. The molecule has 0 spiro atoms. The van der Waals surface area contributed by atoms with Gasteiger partial charge in [0.1, 0.15) is 0 Å². The molecule has 7 heteroatoms. The van der Waals surface area contributed by atoms with Gasteiger partial charge in [-0.2, -0.15) is 8.78 Å². The zero-order chi connectivity index (χ0) is 18.5. The first kappa shape index (κ1) is 18.7. The van der Waals surface area contributed by atoms with Gasteiger partial charge in [-0.15, -0.1) is 0 Å². The Hall–Kier alpha value is -2.12. The van der Waals surface area contributed by atoms with Gasteiger partial charge < -0.3 is 15.0 Å². The van der Waals surface area contributed by atoms with E-state index >= 15 is 0 Å². The Kier molecular flexibility index (Phi) is 6.11. The summed E-state index contributed by atoms with van der Waals surface area (Å²) in [6.45, 7) is 3.61. The minimum Gasteiger partial charge on any atom is -0.375 e. The third kappa shape index (κ3) is 4.74. The highest BCUT2D eigenvalue weighted by Gasteiger charge is 2.24. The predicted octanol–water partition coefficient (Wildman–Crippen LogP) is 4.61. The molecular formula is C19H20F2N2O2S. The van der Waals surface area contributed by atoms with E-state index in [2.05, 4.69) is 5.32 Å². The van der Waals surface area contributed by atoms with E-state index in [-0.39, 0.29) is 12.0 Å². The SMILES string of the molecule is C[C@H]1CN(C(=O)c2ccccc2Nc2ccc(SC(F)F)cc2)CCO1. The molecule has 0 bridgehead atoms. The van der Waals surface area contributed by atoms with Crippen LogP contribution >= 0.6 is 11.8 Å². The van der Waals surface area contributed by atoms with Crippen LogP contribution in [0.15, 0.2) is 53.4 Å². The zero-order valence-corrected chi connectivity index (χ0v) is 15.1. The number of para-hydroxylation sites is 1. The van der Waals surface area contributed by atoms with Crippen LogP contribution in [-0.2, 0) is 4.74 Å². The van der Waals surface area contributed by atoms with Crippen molar-refractivity contribution in [2.75, 3.05) is 25.0 Å². The predicted molar refractivity (Wildman–Crippen MR) is 99.3 cm³/mol. The van der Waals surface area contributed by atoms with Crippen LogP contribution in [0, 0.1) is 0 Å². The van der Waals surface area contributed by atoms with Crippen molar-refractivity contribution in [3.63, 3.8) is 0 Å². The van der Waals surface area contributed by atoms with Gasteiger partial charge in [-0.3, -0.25) is 4.79 Å². The minimum atomic E-state index is -2.44. The molecule has 4 nitrogen and oxygen atoms in total. The van der Waals surface area contributed by atoms with E-state index in [1.54, 1.807) is 35.2 Å². The quantitative estimate of drug-likeness (QED) is 0.772. The smallest absolute Gasteiger partial charge is 0.288 e. The Morgan fingerprint density at radius 1 is 1.23 bits per heavy atom. The molecule has 1 heterocycles. The van der Waals surface area contributed by atoms with Gasteiger partial charge in [0.25, 0.3) is 11.7 Å². The monoisotopic (exact) mass is 378 g/mol. The van der Waals surface area contributed by atoms with Gasteiger partial charge in [-0.25, -0.2) is 0 Å². The number of nitrogens with one attached hydrogen (secondary N) is 1. The largest absolute Gasteiger partial charge is 0.375 e. The summed E-state index contributed by atoms with van der Waals surface area (Å²) in [5, 5.41) is 3.21. The van der Waals surface area contributed by atoms with Crippen LogP contribution < -0.4 is 5.32 Å². The Labute approximate surface area is 155 Å². The first-order chi connectivity index (χ1) is 12.5. The molecule has 0 saturated carbocycles. The summed E-state index contributed by atoms with van der Waals surface area (Å²) < 4.78 is 30.3. The maximum atomic E-state index is 12.9. The van der Waals surface area contributed by atoms with Crippen molar-refractivity contribution in [1.29, 1.82) is 0 Å². The standard InChI is InChI=1S/C19H20F2N2O2S/c1-13-12-23(10-11-25-13)18(24)16-4-2-3-5-17(16)22-14-6-8-15(9-7-14)26-19(20)21/h2-9,13,19,22H,10-12H2,1H3/t13-/m0/s1. The van der Waals surface area contributed by atoms with E-state index in [0.29, 0.717) is 47.6 Å². The van der Waals surface area contributed by atoms with Crippen LogP contribution in [0.25, 0.3) is 0 Å². The molecule has 1 amide bonds. The van der Waals surface area contributed by atoms with E-state index in [9.17, 15) is 13.6 Å². The first-order valence-corrected chi connectivity index (χ1v) is 9.22. The van der Waals surface area contributed by atoms with Crippen molar-refractivity contribution in [3.05, 3.63) is 54.1 Å². The molecule has 2 aromatic rings. The lowest BCUT2D eigenvalue weighted by molar-refractivity contribution is -0.0123. The minimum absolute atomic E-state index is 0.0210. The van der Waals surface area contributed by atoms with Crippen LogP contribution in [0.5, 0.6) is 0 Å². The van der Waals surface area contributed by atoms with Crippen LogP contribution in [0.1, 0.15) is 17.3 Å². The number of anilines is 2. The summed E-state index contributed by atoms with van der Waals surface area (Å²) in [4.78, 5) is 15.2. The number of nitrogens with zero attached hydrogens (tertiary/aromatic N) is 1. The molecule has 0 radical (unpaired) electrons. The molecular weight excluding hydrogens is 358 g/mol. The molecule has 26 heavy (non-hydrogen) atoms. The number of hydrogen-bond donors (Lipinski definition) is 1. The van der Waals surface area contributed by atoms with Gasteiger partial charge in [0.05, 0.1) is 24.0 Å². The van der Waals surface area contributed by atoms with Gasteiger partial charge in [-0.1, -0.05) is 23.9 Å². The van der Waals surface area contributed by atoms with E-state index in [1.165, 1.54) is 0 Å². The van der Waals surface area contributed by atoms with E-state index < -0.39 is 5.76 Å². The summed E-state index contributed by atoms with van der Waals surface area (Å²) >= 11 is 0.507. The third-order valence-electron chi connectivity index (χ3n) is 4.04. The molecule has 0 aromatic heterocycles. The van der Waals surface area contributed by atoms with Gasteiger partial charge >= 0.3 is 0 Å². The number of amides is 1. The average Bonchev–Trinajstić information content (AvgIpc) is 2.63. The van der Waals surface area contributed by atoms with Crippen molar-refractivity contribution in [1.82, 2.24) is 4.90 Å². The number of rotatable bonds is 5. The number of ether oxygens (including phenoxy) is 1. The zero-order valence-electron chi connectivity index (χ0n) is 14.3.